The Morgan fingerprint density at radius 2 is 1.81 bits per heavy atom. The van der Waals surface area contributed by atoms with Gasteiger partial charge in [0.05, 0.1) is 13.0 Å². The minimum atomic E-state index is -0.141. The molecule has 0 saturated carbocycles. The second kappa shape index (κ2) is 8.53. The van der Waals surface area contributed by atoms with Gasteiger partial charge in [0.15, 0.2) is 0 Å². The maximum Gasteiger partial charge on any atom is 0.308 e. The summed E-state index contributed by atoms with van der Waals surface area (Å²) >= 11 is 0. The van der Waals surface area contributed by atoms with Crippen LogP contribution in [0.4, 0.5) is 0 Å². The number of nitrogens with one attached hydrogen (secondary N) is 1. The molecule has 3 unspecified atom stereocenters. The van der Waals surface area contributed by atoms with Crippen molar-refractivity contribution < 1.29 is 14.3 Å². The zero-order chi connectivity index (χ0) is 12.6. The number of hydrogen-bond acceptors (Lipinski definition) is 4. The van der Waals surface area contributed by atoms with Crippen molar-refractivity contribution in [1.82, 2.24) is 5.32 Å². The summed E-state index contributed by atoms with van der Waals surface area (Å²) in [6, 6.07) is 0.709. The minimum absolute atomic E-state index is 0.0536. The Balaban J connectivity index is 3.79. The van der Waals surface area contributed by atoms with Crippen LogP contribution >= 0.6 is 0 Å². The first kappa shape index (κ1) is 15.4. The van der Waals surface area contributed by atoms with E-state index in [1.54, 1.807) is 7.11 Å². The monoisotopic (exact) mass is 231 g/mol. The molecule has 0 saturated heterocycles. The van der Waals surface area contributed by atoms with Gasteiger partial charge in [0.1, 0.15) is 0 Å². The molecule has 96 valence electrons. The molecule has 0 aromatic heterocycles. The van der Waals surface area contributed by atoms with Gasteiger partial charge in [-0.3, -0.25) is 4.79 Å². The van der Waals surface area contributed by atoms with Crippen molar-refractivity contribution in [1.29, 1.82) is 0 Å². The maximum absolute atomic E-state index is 11.2. The van der Waals surface area contributed by atoms with Gasteiger partial charge in [0.25, 0.3) is 0 Å². The normalized spacial score (nSPS) is 16.6. The van der Waals surface area contributed by atoms with Crippen LogP contribution in [0.3, 0.4) is 0 Å². The SMILES string of the molecule is COCCC(C)NC(C)CC(C)C(=O)OC. The van der Waals surface area contributed by atoms with E-state index in [1.165, 1.54) is 7.11 Å². The Morgan fingerprint density at radius 1 is 1.19 bits per heavy atom. The molecule has 0 bridgehead atoms. The number of carbonyl (C=O) groups is 1. The van der Waals surface area contributed by atoms with E-state index in [1.807, 2.05) is 6.92 Å². The Labute approximate surface area is 98.7 Å². The molecule has 0 radical (unpaired) electrons. The Morgan fingerprint density at radius 3 is 2.31 bits per heavy atom. The summed E-state index contributed by atoms with van der Waals surface area (Å²) in [5, 5.41) is 3.44. The van der Waals surface area contributed by atoms with E-state index < -0.39 is 0 Å². The van der Waals surface area contributed by atoms with Gasteiger partial charge >= 0.3 is 5.97 Å². The van der Waals surface area contributed by atoms with E-state index in [4.69, 9.17) is 9.47 Å². The Bertz CT molecular complexity index is 197. The first-order valence-electron chi connectivity index (χ1n) is 5.84. The van der Waals surface area contributed by atoms with Crippen molar-refractivity contribution >= 4 is 5.97 Å². The van der Waals surface area contributed by atoms with E-state index in [-0.39, 0.29) is 11.9 Å². The molecular formula is C12H25NO3. The molecule has 0 aliphatic heterocycles. The van der Waals surface area contributed by atoms with Crippen molar-refractivity contribution in [2.24, 2.45) is 5.92 Å². The quantitative estimate of drug-likeness (QED) is 0.644. The molecule has 0 rings (SSSR count). The number of methoxy groups -OCH3 is 2. The molecular weight excluding hydrogens is 206 g/mol. The van der Waals surface area contributed by atoms with Crippen molar-refractivity contribution in [3.05, 3.63) is 0 Å². The highest BCUT2D eigenvalue weighted by Crippen LogP contribution is 2.08. The molecule has 4 nitrogen and oxygen atoms in total. The topological polar surface area (TPSA) is 47.6 Å². The minimum Gasteiger partial charge on any atom is -0.469 e. The zero-order valence-electron chi connectivity index (χ0n) is 11.1. The first-order chi connectivity index (χ1) is 7.51. The summed E-state index contributed by atoms with van der Waals surface area (Å²) in [5.74, 6) is -0.194. The van der Waals surface area contributed by atoms with Gasteiger partial charge in [-0.05, 0) is 26.7 Å². The molecule has 0 fully saturated rings. The van der Waals surface area contributed by atoms with Crippen LogP contribution in [0.15, 0.2) is 0 Å². The van der Waals surface area contributed by atoms with Crippen LogP contribution in [-0.4, -0.2) is 38.9 Å². The predicted octanol–water partition coefficient (Wildman–Crippen LogP) is 1.59. The number of rotatable bonds is 8. The van der Waals surface area contributed by atoms with Crippen molar-refractivity contribution in [3.63, 3.8) is 0 Å². The van der Waals surface area contributed by atoms with Gasteiger partial charge < -0.3 is 14.8 Å². The molecule has 0 aromatic carbocycles. The maximum atomic E-state index is 11.2. The lowest BCUT2D eigenvalue weighted by atomic mass is 10.0. The van der Waals surface area contributed by atoms with Crippen LogP contribution in [0.1, 0.15) is 33.6 Å². The fourth-order valence-electron chi connectivity index (χ4n) is 1.76. The predicted molar refractivity (Wildman–Crippen MR) is 64.3 cm³/mol. The molecule has 1 N–H and O–H groups in total. The van der Waals surface area contributed by atoms with E-state index in [9.17, 15) is 4.79 Å². The summed E-state index contributed by atoms with van der Waals surface area (Å²) in [5.41, 5.74) is 0. The molecule has 0 heterocycles. The Kier molecular flexibility index (Phi) is 8.21. The van der Waals surface area contributed by atoms with Crippen molar-refractivity contribution in [2.75, 3.05) is 20.8 Å². The largest absolute Gasteiger partial charge is 0.469 e. The molecule has 0 amide bonds. The molecule has 0 aliphatic rings. The molecule has 0 spiro atoms. The standard InChI is InChI=1S/C12H25NO3/c1-9(12(14)16-5)8-11(3)13-10(2)6-7-15-4/h9-11,13H,6-8H2,1-5H3. The Hall–Kier alpha value is -0.610. The lowest BCUT2D eigenvalue weighted by molar-refractivity contribution is -0.145. The second-order valence-electron chi connectivity index (χ2n) is 4.41. The summed E-state index contributed by atoms with van der Waals surface area (Å²) < 4.78 is 9.71. The highest BCUT2D eigenvalue weighted by Gasteiger charge is 2.17. The average molecular weight is 231 g/mol. The zero-order valence-corrected chi connectivity index (χ0v) is 11.1. The third kappa shape index (κ3) is 6.80. The first-order valence-corrected chi connectivity index (χ1v) is 5.84. The third-order valence-electron chi connectivity index (χ3n) is 2.63. The highest BCUT2D eigenvalue weighted by molar-refractivity contribution is 5.71. The lowest BCUT2D eigenvalue weighted by Gasteiger charge is -2.21. The molecule has 16 heavy (non-hydrogen) atoms. The fraction of sp³-hybridized carbons (Fsp3) is 0.917. The van der Waals surface area contributed by atoms with Crippen LogP contribution in [0.5, 0.6) is 0 Å². The average Bonchev–Trinajstić information content (AvgIpc) is 2.24. The third-order valence-corrected chi connectivity index (χ3v) is 2.63. The van der Waals surface area contributed by atoms with Gasteiger partial charge in [0, 0.05) is 25.8 Å². The molecule has 0 aliphatic carbocycles. The van der Waals surface area contributed by atoms with E-state index in [0.717, 1.165) is 19.4 Å². The van der Waals surface area contributed by atoms with Gasteiger partial charge in [-0.15, -0.1) is 0 Å². The summed E-state index contributed by atoms with van der Waals surface area (Å²) in [7, 11) is 3.13. The van der Waals surface area contributed by atoms with Crippen molar-refractivity contribution in [2.45, 2.75) is 45.7 Å². The van der Waals surface area contributed by atoms with E-state index in [0.29, 0.717) is 12.1 Å². The molecule has 3 atom stereocenters. The summed E-state index contributed by atoms with van der Waals surface area (Å²) in [6.07, 6.45) is 1.78. The van der Waals surface area contributed by atoms with Crippen LogP contribution in [0, 0.1) is 5.92 Å². The van der Waals surface area contributed by atoms with Crippen molar-refractivity contribution in [3.8, 4) is 0 Å². The molecule has 4 heteroatoms. The van der Waals surface area contributed by atoms with Crippen LogP contribution in [-0.2, 0) is 14.3 Å². The molecule has 0 aromatic rings. The van der Waals surface area contributed by atoms with Gasteiger partial charge in [-0.25, -0.2) is 0 Å². The lowest BCUT2D eigenvalue weighted by Crippen LogP contribution is -2.37. The van der Waals surface area contributed by atoms with E-state index in [2.05, 4.69) is 19.2 Å². The van der Waals surface area contributed by atoms with Crippen LogP contribution in [0.2, 0.25) is 0 Å². The van der Waals surface area contributed by atoms with Gasteiger partial charge in [-0.2, -0.15) is 0 Å². The van der Waals surface area contributed by atoms with E-state index >= 15 is 0 Å². The highest BCUT2D eigenvalue weighted by atomic mass is 16.5. The van der Waals surface area contributed by atoms with Crippen LogP contribution in [0.25, 0.3) is 0 Å². The second-order valence-corrected chi connectivity index (χ2v) is 4.41. The number of esters is 1. The van der Waals surface area contributed by atoms with Gasteiger partial charge in [-0.1, -0.05) is 6.92 Å². The van der Waals surface area contributed by atoms with Gasteiger partial charge in [0.2, 0.25) is 0 Å². The summed E-state index contributed by atoms with van der Waals surface area (Å²) in [4.78, 5) is 11.2. The number of carbonyl (C=O) groups excluding carboxylic acids is 1. The fourth-order valence-corrected chi connectivity index (χ4v) is 1.76. The number of ether oxygens (including phenoxy) is 2. The smallest absolute Gasteiger partial charge is 0.308 e. The van der Waals surface area contributed by atoms with Crippen LogP contribution < -0.4 is 5.32 Å². The number of hydrogen-bond donors (Lipinski definition) is 1. The summed E-state index contributed by atoms with van der Waals surface area (Å²) in [6.45, 7) is 6.86.